The number of ether oxygens (including phenoxy) is 1. The van der Waals surface area contributed by atoms with Gasteiger partial charge in [0.05, 0.1) is 22.4 Å². The molecule has 0 fully saturated rings. The summed E-state index contributed by atoms with van der Waals surface area (Å²) >= 11 is 0. The maximum atomic E-state index is 7.05. The molecule has 10 rings (SSSR count). The van der Waals surface area contributed by atoms with Crippen molar-refractivity contribution in [3.8, 4) is 22.6 Å². The molecule has 0 saturated heterocycles. The van der Waals surface area contributed by atoms with Gasteiger partial charge in [-0.25, -0.2) is 0 Å². The first-order chi connectivity index (χ1) is 25.6. The molecule has 0 amide bonds. The fourth-order valence-corrected chi connectivity index (χ4v) is 9.01. The molecule has 3 aliphatic heterocycles. The lowest BCUT2D eigenvalue weighted by atomic mass is 9.43. The Balaban J connectivity index is 1.35. The summed E-state index contributed by atoms with van der Waals surface area (Å²) in [6, 6.07) is 38.6. The van der Waals surface area contributed by atoms with Crippen LogP contribution in [0.2, 0.25) is 0 Å². The van der Waals surface area contributed by atoms with E-state index in [1.807, 2.05) is 0 Å². The molecule has 7 aromatic rings. The average molecular weight is 707 g/mol. The highest BCUT2D eigenvalue weighted by molar-refractivity contribution is 6.94. The molecule has 4 nitrogen and oxygen atoms in total. The van der Waals surface area contributed by atoms with Crippen LogP contribution in [0.3, 0.4) is 0 Å². The molecule has 0 N–H and O–H groups in total. The Bertz CT molecular complexity index is 2720. The number of anilines is 5. The Morgan fingerprint density at radius 3 is 1.96 bits per heavy atom. The predicted molar refractivity (Wildman–Crippen MR) is 228 cm³/mol. The third-order valence-corrected chi connectivity index (χ3v) is 11.9. The van der Waals surface area contributed by atoms with Crippen molar-refractivity contribution in [3.63, 3.8) is 0 Å². The minimum atomic E-state index is -0.108. The second-order valence-electron chi connectivity index (χ2n) is 18.8. The van der Waals surface area contributed by atoms with E-state index in [-0.39, 0.29) is 23.1 Å². The fraction of sp³-hybridized carbons (Fsp3) is 0.265. The van der Waals surface area contributed by atoms with E-state index >= 15 is 0 Å². The summed E-state index contributed by atoms with van der Waals surface area (Å²) in [6.07, 6.45) is 0. The molecular weight excluding hydrogens is 659 g/mol. The highest BCUT2D eigenvalue weighted by Gasteiger charge is 2.49. The van der Waals surface area contributed by atoms with E-state index in [0.717, 1.165) is 50.5 Å². The molecule has 3 aliphatic rings. The number of aryl methyl sites for hydroxylation is 1. The van der Waals surface area contributed by atoms with Crippen molar-refractivity contribution in [2.45, 2.75) is 85.5 Å². The highest BCUT2D eigenvalue weighted by atomic mass is 16.5. The lowest BCUT2D eigenvalue weighted by Gasteiger charge is -2.48. The van der Waals surface area contributed by atoms with Gasteiger partial charge >= 0.3 is 6.85 Å². The summed E-state index contributed by atoms with van der Waals surface area (Å²) in [5.41, 5.74) is 17.6. The van der Waals surface area contributed by atoms with Crippen LogP contribution in [-0.4, -0.2) is 6.85 Å². The summed E-state index contributed by atoms with van der Waals surface area (Å²) < 4.78 is 13.7. The van der Waals surface area contributed by atoms with E-state index < -0.39 is 0 Å². The zero-order chi connectivity index (χ0) is 37.6. The van der Waals surface area contributed by atoms with Crippen LogP contribution >= 0.6 is 0 Å². The number of hydrogen-bond acceptors (Lipinski definition) is 4. The maximum Gasteiger partial charge on any atom is 0.333 e. The Kier molecular flexibility index (Phi) is 6.66. The van der Waals surface area contributed by atoms with Crippen molar-refractivity contribution in [3.05, 3.63) is 125 Å². The van der Waals surface area contributed by atoms with Crippen molar-refractivity contribution in [2.24, 2.45) is 0 Å². The van der Waals surface area contributed by atoms with Gasteiger partial charge in [0.2, 0.25) is 0 Å². The van der Waals surface area contributed by atoms with Crippen LogP contribution in [0.4, 0.5) is 28.4 Å². The zero-order valence-electron chi connectivity index (χ0n) is 33.1. The molecule has 6 aromatic carbocycles. The van der Waals surface area contributed by atoms with Crippen LogP contribution in [0.15, 0.2) is 108 Å². The number of fused-ring (bicyclic) bond motifs is 10. The fourth-order valence-electron chi connectivity index (χ4n) is 9.01. The first-order valence-corrected chi connectivity index (χ1v) is 19.4. The predicted octanol–water partition coefficient (Wildman–Crippen LogP) is 12.6. The molecule has 0 unspecified atom stereocenters. The lowest BCUT2D eigenvalue weighted by Crippen LogP contribution is -2.62. The van der Waals surface area contributed by atoms with Crippen molar-refractivity contribution in [1.29, 1.82) is 0 Å². The Morgan fingerprint density at radius 2 is 1.24 bits per heavy atom. The quantitative estimate of drug-likeness (QED) is 0.159. The summed E-state index contributed by atoms with van der Waals surface area (Å²) in [7, 11) is 0. The average Bonchev–Trinajstić information content (AvgIpc) is 3.50. The van der Waals surface area contributed by atoms with E-state index in [9.17, 15) is 0 Å². The van der Waals surface area contributed by atoms with Crippen LogP contribution in [0.1, 0.15) is 84.6 Å². The molecule has 0 atom stereocenters. The molecular formula is C49H47BN2O2. The third-order valence-electron chi connectivity index (χ3n) is 11.9. The third kappa shape index (κ3) is 4.70. The second kappa shape index (κ2) is 10.8. The Morgan fingerprint density at radius 1 is 0.556 bits per heavy atom. The van der Waals surface area contributed by atoms with Crippen molar-refractivity contribution >= 4 is 68.1 Å². The molecule has 0 radical (unpaired) electrons. The van der Waals surface area contributed by atoms with Crippen molar-refractivity contribution in [2.75, 3.05) is 9.71 Å². The van der Waals surface area contributed by atoms with Gasteiger partial charge in [-0.3, -0.25) is 0 Å². The minimum absolute atomic E-state index is 0.0231. The number of para-hydroxylation sites is 1. The molecule has 5 heteroatoms. The smallest absolute Gasteiger partial charge is 0.333 e. The Hall–Kier alpha value is -5.42. The van der Waals surface area contributed by atoms with Gasteiger partial charge in [0.1, 0.15) is 16.9 Å². The lowest BCUT2D eigenvalue weighted by molar-refractivity contribution is 0.470. The number of furan rings is 1. The molecule has 54 heavy (non-hydrogen) atoms. The van der Waals surface area contributed by atoms with Gasteiger partial charge in [-0.1, -0.05) is 111 Å². The van der Waals surface area contributed by atoms with E-state index in [1.165, 1.54) is 55.7 Å². The first kappa shape index (κ1) is 33.2. The van der Waals surface area contributed by atoms with Crippen LogP contribution in [-0.2, 0) is 16.2 Å². The molecule has 268 valence electrons. The number of benzene rings is 6. The van der Waals surface area contributed by atoms with E-state index in [4.69, 9.17) is 9.15 Å². The molecule has 1 aromatic heterocycles. The van der Waals surface area contributed by atoms with Gasteiger partial charge in [-0.2, -0.15) is 0 Å². The van der Waals surface area contributed by atoms with E-state index in [1.54, 1.807) is 0 Å². The first-order valence-electron chi connectivity index (χ1n) is 19.4. The highest BCUT2D eigenvalue weighted by Crippen LogP contribution is 2.57. The SMILES string of the molecule is Cc1cc2c3c(c1)N(c1ccc(C(C)(C)C)cc1)c1c(ccc4oc5ccccc5c14)B3N1c3ccc(C(C)(C)C)cc3Oc3cc(C(C)(C)C)cc-2c31. The van der Waals surface area contributed by atoms with Gasteiger partial charge in [0.15, 0.2) is 5.75 Å². The molecule has 0 spiro atoms. The molecule has 0 aliphatic carbocycles. The van der Waals surface area contributed by atoms with Gasteiger partial charge in [-0.15, -0.1) is 0 Å². The van der Waals surface area contributed by atoms with Gasteiger partial charge in [-0.05, 0) is 117 Å². The number of hydrogen-bond donors (Lipinski definition) is 0. The van der Waals surface area contributed by atoms with E-state index in [2.05, 4.69) is 182 Å². The maximum absolute atomic E-state index is 7.05. The van der Waals surface area contributed by atoms with Crippen LogP contribution in [0.5, 0.6) is 11.5 Å². The topological polar surface area (TPSA) is 28.9 Å². The largest absolute Gasteiger partial charge is 0.456 e. The summed E-state index contributed by atoms with van der Waals surface area (Å²) in [5, 5.41) is 2.27. The summed E-state index contributed by atoms with van der Waals surface area (Å²) in [5.74, 6) is 1.82. The normalized spacial score (nSPS) is 14.5. The summed E-state index contributed by atoms with van der Waals surface area (Å²) in [4.78, 5) is 5.12. The summed E-state index contributed by atoms with van der Waals surface area (Å²) in [6.45, 7) is 22.7. The van der Waals surface area contributed by atoms with Gasteiger partial charge < -0.3 is 18.9 Å². The monoisotopic (exact) mass is 706 g/mol. The minimum Gasteiger partial charge on any atom is -0.456 e. The van der Waals surface area contributed by atoms with Crippen molar-refractivity contribution in [1.82, 2.24) is 0 Å². The van der Waals surface area contributed by atoms with Crippen LogP contribution in [0.25, 0.3) is 33.1 Å². The standard InChI is InChI=1S/C49H47BN2O2/c1-28-23-34-35-25-31(49(8,9)10)27-42-45(35)52(37-21-17-30(48(5,6)7)26-41(37)54-42)50-36-20-22-40-43(33-13-11-12-14-39(33)53-40)46(36)51(38(24-28)44(34)50)32-18-15-29(16-19-32)47(2,3)4/h11-27H,1-10H3. The van der Waals surface area contributed by atoms with Gasteiger partial charge in [0.25, 0.3) is 0 Å². The molecule has 0 bridgehead atoms. The number of rotatable bonds is 1. The second-order valence-corrected chi connectivity index (χ2v) is 18.8. The number of nitrogens with zero attached hydrogens (tertiary/aromatic N) is 2. The zero-order valence-corrected chi connectivity index (χ0v) is 33.1. The van der Waals surface area contributed by atoms with Gasteiger partial charge in [0, 0.05) is 22.3 Å². The Labute approximate surface area is 319 Å². The molecule has 0 saturated carbocycles. The van der Waals surface area contributed by atoms with Crippen molar-refractivity contribution < 1.29 is 9.15 Å². The van der Waals surface area contributed by atoms with Crippen LogP contribution < -0.4 is 25.4 Å². The molecule has 4 heterocycles. The van der Waals surface area contributed by atoms with E-state index in [0.29, 0.717) is 0 Å². The van der Waals surface area contributed by atoms with Crippen LogP contribution in [0, 0.1) is 6.92 Å².